The van der Waals surface area contributed by atoms with Crippen molar-refractivity contribution in [3.8, 4) is 10.7 Å². The molecule has 28 heavy (non-hydrogen) atoms. The molecule has 0 radical (unpaired) electrons. The molecular formula is C21H14N2O4S. The summed E-state index contributed by atoms with van der Waals surface area (Å²) in [7, 11) is 0. The minimum atomic E-state index is -0.383. The Hall–Kier alpha value is -3.45. The molecule has 0 atom stereocenters. The monoisotopic (exact) mass is 390 g/mol. The number of aromatic nitrogens is 2. The molecule has 0 unspecified atom stereocenters. The number of fused-ring (bicyclic) bond motifs is 3. The van der Waals surface area contributed by atoms with Gasteiger partial charge in [-0.25, -0.2) is 0 Å². The molecule has 0 spiro atoms. The highest BCUT2D eigenvalue weighted by Gasteiger charge is 2.16. The summed E-state index contributed by atoms with van der Waals surface area (Å²) in [6, 6.07) is 15.7. The van der Waals surface area contributed by atoms with Gasteiger partial charge in [-0.3, -0.25) is 4.79 Å². The topological polar surface area (TPSA) is 78.4 Å². The Labute approximate surface area is 163 Å². The first-order valence-electron chi connectivity index (χ1n) is 8.68. The van der Waals surface area contributed by atoms with Crippen LogP contribution in [0.4, 0.5) is 0 Å². The normalized spacial score (nSPS) is 11.3. The lowest BCUT2D eigenvalue weighted by molar-refractivity contribution is -0.144. The molecule has 0 amide bonds. The molecule has 0 N–H and O–H groups in total. The van der Waals surface area contributed by atoms with Gasteiger partial charge in [0.25, 0.3) is 5.89 Å². The van der Waals surface area contributed by atoms with Crippen LogP contribution in [-0.4, -0.2) is 16.1 Å². The number of esters is 1. The molecule has 0 aliphatic heterocycles. The van der Waals surface area contributed by atoms with Crippen LogP contribution in [-0.2, 0) is 22.6 Å². The van der Waals surface area contributed by atoms with Gasteiger partial charge < -0.3 is 13.7 Å². The van der Waals surface area contributed by atoms with E-state index in [1.54, 1.807) is 6.26 Å². The van der Waals surface area contributed by atoms with Gasteiger partial charge in [0.05, 0.1) is 17.6 Å². The standard InChI is InChI=1S/C21H14N2O4S/c24-19(26-12-18-22-21(23-27-18)17-6-3-9-28-17)10-14-11-25-16-8-7-13-4-1-2-5-15(13)20(14)16/h1-9,11H,10,12H2. The first-order valence-corrected chi connectivity index (χ1v) is 9.56. The van der Waals surface area contributed by atoms with Crippen LogP contribution in [0.25, 0.3) is 32.4 Å². The van der Waals surface area contributed by atoms with Crippen LogP contribution in [0, 0.1) is 0 Å². The van der Waals surface area contributed by atoms with Crippen molar-refractivity contribution >= 4 is 39.0 Å². The fourth-order valence-corrected chi connectivity index (χ4v) is 3.82. The Kier molecular flexibility index (Phi) is 4.14. The second-order valence-corrected chi connectivity index (χ2v) is 7.19. The maximum atomic E-state index is 12.3. The SMILES string of the molecule is O=C(Cc1coc2ccc3ccccc3c12)OCc1nc(-c2cccs2)no1. The van der Waals surface area contributed by atoms with Gasteiger partial charge in [-0.15, -0.1) is 11.3 Å². The number of rotatable bonds is 5. The quantitative estimate of drug-likeness (QED) is 0.394. The smallest absolute Gasteiger partial charge is 0.310 e. The second kappa shape index (κ2) is 6.94. The zero-order chi connectivity index (χ0) is 18.9. The van der Waals surface area contributed by atoms with E-state index in [4.69, 9.17) is 13.7 Å². The van der Waals surface area contributed by atoms with Crippen molar-refractivity contribution in [3.05, 3.63) is 71.6 Å². The summed E-state index contributed by atoms with van der Waals surface area (Å²) in [5, 5.41) is 8.92. The molecule has 0 bridgehead atoms. The summed E-state index contributed by atoms with van der Waals surface area (Å²) in [4.78, 5) is 17.5. The zero-order valence-electron chi connectivity index (χ0n) is 14.6. The third kappa shape index (κ3) is 3.05. The first kappa shape index (κ1) is 16.7. The summed E-state index contributed by atoms with van der Waals surface area (Å²) in [6.07, 6.45) is 1.72. The highest BCUT2D eigenvalue weighted by molar-refractivity contribution is 7.13. The number of nitrogens with zero attached hydrogens (tertiary/aromatic N) is 2. The number of hydrogen-bond donors (Lipinski definition) is 0. The van der Waals surface area contributed by atoms with Crippen LogP contribution in [0.3, 0.4) is 0 Å². The first-order chi connectivity index (χ1) is 13.8. The van der Waals surface area contributed by atoms with Gasteiger partial charge in [0.15, 0.2) is 6.61 Å². The minimum absolute atomic E-state index is 0.0618. The molecule has 138 valence electrons. The number of carbonyl (C=O) groups excluding carboxylic acids is 1. The maximum absolute atomic E-state index is 12.3. The van der Waals surface area contributed by atoms with Crippen LogP contribution in [0.15, 0.2) is 69.1 Å². The highest BCUT2D eigenvalue weighted by Crippen LogP contribution is 2.30. The van der Waals surface area contributed by atoms with Crippen molar-refractivity contribution in [2.75, 3.05) is 0 Å². The minimum Gasteiger partial charge on any atom is -0.464 e. The van der Waals surface area contributed by atoms with Crippen molar-refractivity contribution < 1.29 is 18.5 Å². The molecule has 5 aromatic rings. The number of ether oxygens (including phenoxy) is 1. The van der Waals surface area contributed by atoms with Crippen LogP contribution in [0.2, 0.25) is 0 Å². The predicted octanol–water partition coefficient (Wildman–Crippen LogP) is 4.98. The van der Waals surface area contributed by atoms with Gasteiger partial charge in [0.2, 0.25) is 5.82 Å². The van der Waals surface area contributed by atoms with Crippen LogP contribution >= 0.6 is 11.3 Å². The van der Waals surface area contributed by atoms with E-state index in [1.807, 2.05) is 53.9 Å². The lowest BCUT2D eigenvalue weighted by atomic mass is 10.0. The maximum Gasteiger partial charge on any atom is 0.310 e. The van der Waals surface area contributed by atoms with Crippen molar-refractivity contribution in [2.24, 2.45) is 0 Å². The van der Waals surface area contributed by atoms with E-state index < -0.39 is 0 Å². The molecule has 0 aliphatic rings. The Balaban J connectivity index is 1.32. The summed E-state index contributed by atoms with van der Waals surface area (Å²) in [5.74, 6) is 0.374. The molecule has 2 aromatic carbocycles. The second-order valence-electron chi connectivity index (χ2n) is 6.25. The van der Waals surface area contributed by atoms with Gasteiger partial charge in [0.1, 0.15) is 5.58 Å². The van der Waals surface area contributed by atoms with Gasteiger partial charge in [-0.2, -0.15) is 4.98 Å². The summed E-state index contributed by atoms with van der Waals surface area (Å²) >= 11 is 1.52. The molecule has 7 heteroatoms. The molecule has 6 nitrogen and oxygen atoms in total. The Morgan fingerprint density at radius 2 is 2.04 bits per heavy atom. The van der Waals surface area contributed by atoms with E-state index >= 15 is 0 Å². The van der Waals surface area contributed by atoms with Crippen molar-refractivity contribution in [1.29, 1.82) is 0 Å². The Morgan fingerprint density at radius 3 is 2.93 bits per heavy atom. The lowest BCUT2D eigenvalue weighted by Crippen LogP contribution is -2.08. The lowest BCUT2D eigenvalue weighted by Gasteiger charge is -2.03. The van der Waals surface area contributed by atoms with Gasteiger partial charge in [-0.05, 0) is 28.3 Å². The molecule has 3 aromatic heterocycles. The fourth-order valence-electron chi connectivity index (χ4n) is 3.17. The molecule has 0 aliphatic carbocycles. The van der Waals surface area contributed by atoms with E-state index in [9.17, 15) is 4.79 Å². The average Bonchev–Trinajstić information content (AvgIpc) is 3.47. The molecular weight excluding hydrogens is 376 g/mol. The molecule has 5 rings (SSSR count). The Bertz CT molecular complexity index is 1270. The van der Waals surface area contributed by atoms with E-state index in [-0.39, 0.29) is 24.9 Å². The number of benzene rings is 2. The zero-order valence-corrected chi connectivity index (χ0v) is 15.4. The highest BCUT2D eigenvalue weighted by atomic mass is 32.1. The average molecular weight is 390 g/mol. The van der Waals surface area contributed by atoms with Crippen molar-refractivity contribution in [1.82, 2.24) is 10.1 Å². The number of hydrogen-bond acceptors (Lipinski definition) is 7. The van der Waals surface area contributed by atoms with Crippen molar-refractivity contribution in [2.45, 2.75) is 13.0 Å². The van der Waals surface area contributed by atoms with Crippen molar-refractivity contribution in [3.63, 3.8) is 0 Å². The number of thiophene rings is 1. The van der Waals surface area contributed by atoms with Gasteiger partial charge >= 0.3 is 5.97 Å². The molecule has 3 heterocycles. The fraction of sp³-hybridized carbons (Fsp3) is 0.0952. The van der Waals surface area contributed by atoms with Gasteiger partial charge in [0, 0.05) is 10.9 Å². The Morgan fingerprint density at radius 1 is 1.11 bits per heavy atom. The summed E-state index contributed by atoms with van der Waals surface area (Å²) in [5.41, 5.74) is 1.54. The molecule has 0 saturated carbocycles. The van der Waals surface area contributed by atoms with Crippen LogP contribution < -0.4 is 0 Å². The number of furan rings is 1. The van der Waals surface area contributed by atoms with Crippen LogP contribution in [0.1, 0.15) is 11.5 Å². The van der Waals surface area contributed by atoms with Crippen LogP contribution in [0.5, 0.6) is 0 Å². The predicted molar refractivity (Wildman–Crippen MR) is 105 cm³/mol. The molecule has 0 saturated heterocycles. The van der Waals surface area contributed by atoms with E-state index in [2.05, 4.69) is 10.1 Å². The third-order valence-electron chi connectivity index (χ3n) is 4.44. The van der Waals surface area contributed by atoms with E-state index in [0.29, 0.717) is 5.82 Å². The largest absolute Gasteiger partial charge is 0.464 e. The summed E-state index contributed by atoms with van der Waals surface area (Å²) in [6.45, 7) is -0.0618. The summed E-state index contributed by atoms with van der Waals surface area (Å²) < 4.78 is 16.1. The molecule has 0 fully saturated rings. The van der Waals surface area contributed by atoms with E-state index in [0.717, 1.165) is 32.2 Å². The number of carbonyl (C=O) groups is 1. The van der Waals surface area contributed by atoms with Gasteiger partial charge in [-0.1, -0.05) is 41.6 Å². The van der Waals surface area contributed by atoms with E-state index in [1.165, 1.54) is 11.3 Å². The third-order valence-corrected chi connectivity index (χ3v) is 5.31.